The van der Waals surface area contributed by atoms with E-state index in [2.05, 4.69) is 0 Å². The third kappa shape index (κ3) is 3.97. The first-order valence-corrected chi connectivity index (χ1v) is 7.17. The Balaban J connectivity index is 1.85. The highest BCUT2D eigenvalue weighted by Crippen LogP contribution is 2.24. The minimum atomic E-state index is -0.324. The topological polar surface area (TPSA) is 55.8 Å². The predicted octanol–water partition coefficient (Wildman–Crippen LogP) is 2.60. The van der Waals surface area contributed by atoms with Crippen molar-refractivity contribution in [2.24, 2.45) is 5.92 Å². The van der Waals surface area contributed by atoms with Crippen molar-refractivity contribution in [2.45, 2.75) is 32.4 Å². The molecule has 2 unspecified atom stereocenters. The molecule has 21 heavy (non-hydrogen) atoms. The fourth-order valence-corrected chi connectivity index (χ4v) is 2.63. The van der Waals surface area contributed by atoms with Gasteiger partial charge in [0.25, 0.3) is 0 Å². The minimum Gasteiger partial charge on any atom is -0.469 e. The molecule has 2 atom stereocenters. The van der Waals surface area contributed by atoms with Gasteiger partial charge in [-0.25, -0.2) is 4.79 Å². The van der Waals surface area contributed by atoms with Gasteiger partial charge in [0.15, 0.2) is 0 Å². The fourth-order valence-electron chi connectivity index (χ4n) is 2.63. The maximum Gasteiger partial charge on any atom is 0.410 e. The van der Waals surface area contributed by atoms with Gasteiger partial charge in [0.05, 0.1) is 13.0 Å². The summed E-state index contributed by atoms with van der Waals surface area (Å²) in [6.07, 6.45) is 0.916. The maximum absolute atomic E-state index is 12.1. The first-order valence-electron chi connectivity index (χ1n) is 7.17. The molecule has 1 aliphatic rings. The number of hydrogen-bond donors (Lipinski definition) is 0. The highest BCUT2D eigenvalue weighted by Gasteiger charge is 2.33. The standard InChI is InChI=1S/C16H21NO4/c1-12-10-14(15(18)20-2)8-9-17(12)16(19)21-11-13-6-4-3-5-7-13/h3-7,12,14H,8-11H2,1-2H3. The molecule has 1 amide bonds. The molecule has 1 fully saturated rings. The number of nitrogens with zero attached hydrogens (tertiary/aromatic N) is 1. The Kier molecular flexibility index (Phi) is 5.20. The van der Waals surface area contributed by atoms with Gasteiger partial charge < -0.3 is 14.4 Å². The number of esters is 1. The monoisotopic (exact) mass is 291 g/mol. The summed E-state index contributed by atoms with van der Waals surface area (Å²) in [5, 5.41) is 0. The van der Waals surface area contributed by atoms with Gasteiger partial charge in [-0.15, -0.1) is 0 Å². The van der Waals surface area contributed by atoms with Gasteiger partial charge in [-0.3, -0.25) is 4.79 Å². The van der Waals surface area contributed by atoms with Crippen LogP contribution in [0.4, 0.5) is 4.79 Å². The van der Waals surface area contributed by atoms with Crippen LogP contribution in [0.15, 0.2) is 30.3 Å². The number of rotatable bonds is 3. The summed E-state index contributed by atoms with van der Waals surface area (Å²) in [6.45, 7) is 2.72. The van der Waals surface area contributed by atoms with Crippen LogP contribution in [0, 0.1) is 5.92 Å². The zero-order valence-electron chi connectivity index (χ0n) is 12.5. The molecule has 0 spiro atoms. The second kappa shape index (κ2) is 7.11. The second-order valence-electron chi connectivity index (χ2n) is 5.33. The minimum absolute atomic E-state index is 0.0221. The van der Waals surface area contributed by atoms with E-state index >= 15 is 0 Å². The molecule has 2 rings (SSSR count). The highest BCUT2D eigenvalue weighted by atomic mass is 16.6. The Morgan fingerprint density at radius 2 is 2.00 bits per heavy atom. The van der Waals surface area contributed by atoms with Crippen molar-refractivity contribution in [3.63, 3.8) is 0 Å². The molecule has 0 radical (unpaired) electrons. The Morgan fingerprint density at radius 1 is 1.29 bits per heavy atom. The molecular formula is C16H21NO4. The molecule has 1 aliphatic heterocycles. The molecule has 5 heteroatoms. The van der Waals surface area contributed by atoms with Crippen molar-refractivity contribution >= 4 is 12.1 Å². The van der Waals surface area contributed by atoms with Crippen LogP contribution in [0.1, 0.15) is 25.3 Å². The van der Waals surface area contributed by atoms with E-state index in [4.69, 9.17) is 9.47 Å². The summed E-state index contributed by atoms with van der Waals surface area (Å²) >= 11 is 0. The fraction of sp³-hybridized carbons (Fsp3) is 0.500. The molecule has 0 aromatic heterocycles. The third-order valence-corrected chi connectivity index (χ3v) is 3.85. The number of carbonyl (C=O) groups is 2. The van der Waals surface area contributed by atoms with E-state index in [0.717, 1.165) is 5.56 Å². The number of benzene rings is 1. The largest absolute Gasteiger partial charge is 0.469 e. The Bertz CT molecular complexity index is 488. The van der Waals surface area contributed by atoms with E-state index in [9.17, 15) is 9.59 Å². The van der Waals surface area contributed by atoms with Gasteiger partial charge in [0, 0.05) is 12.6 Å². The van der Waals surface area contributed by atoms with Crippen LogP contribution in [0.2, 0.25) is 0 Å². The molecule has 1 aromatic rings. The van der Waals surface area contributed by atoms with Gasteiger partial charge in [-0.1, -0.05) is 30.3 Å². The van der Waals surface area contributed by atoms with E-state index in [0.29, 0.717) is 19.4 Å². The number of piperidine rings is 1. The summed E-state index contributed by atoms with van der Waals surface area (Å²) in [6, 6.07) is 9.55. The van der Waals surface area contributed by atoms with Crippen molar-refractivity contribution in [1.82, 2.24) is 4.90 Å². The van der Waals surface area contributed by atoms with Crippen LogP contribution in [0.3, 0.4) is 0 Å². The quantitative estimate of drug-likeness (QED) is 0.803. The van der Waals surface area contributed by atoms with E-state index in [-0.39, 0.29) is 30.6 Å². The smallest absolute Gasteiger partial charge is 0.410 e. The van der Waals surface area contributed by atoms with Gasteiger partial charge in [0.1, 0.15) is 6.61 Å². The Labute approximate surface area is 124 Å². The number of ether oxygens (including phenoxy) is 2. The molecule has 5 nitrogen and oxygen atoms in total. The molecule has 0 saturated carbocycles. The predicted molar refractivity (Wildman–Crippen MR) is 77.5 cm³/mol. The molecule has 1 saturated heterocycles. The van der Waals surface area contributed by atoms with E-state index in [1.165, 1.54) is 7.11 Å². The zero-order chi connectivity index (χ0) is 15.2. The summed E-state index contributed by atoms with van der Waals surface area (Å²) in [7, 11) is 1.40. The van der Waals surface area contributed by atoms with Crippen LogP contribution in [0.5, 0.6) is 0 Å². The molecule has 0 N–H and O–H groups in total. The summed E-state index contributed by atoms with van der Waals surface area (Å²) in [4.78, 5) is 25.3. The van der Waals surface area contributed by atoms with Crippen molar-refractivity contribution in [3.05, 3.63) is 35.9 Å². The molecule has 1 aromatic carbocycles. The number of methoxy groups -OCH3 is 1. The first-order chi connectivity index (χ1) is 10.1. The maximum atomic E-state index is 12.1. The molecule has 1 heterocycles. The lowest BCUT2D eigenvalue weighted by Crippen LogP contribution is -2.46. The van der Waals surface area contributed by atoms with Crippen molar-refractivity contribution < 1.29 is 19.1 Å². The number of likely N-dealkylation sites (tertiary alicyclic amines) is 1. The average molecular weight is 291 g/mol. The van der Waals surface area contributed by atoms with Gasteiger partial charge in [-0.2, -0.15) is 0 Å². The van der Waals surface area contributed by atoms with Gasteiger partial charge in [-0.05, 0) is 25.3 Å². The molecule has 0 bridgehead atoms. The Morgan fingerprint density at radius 3 is 2.62 bits per heavy atom. The second-order valence-corrected chi connectivity index (χ2v) is 5.33. The average Bonchev–Trinajstić information content (AvgIpc) is 2.52. The molecule has 114 valence electrons. The van der Waals surface area contributed by atoms with Gasteiger partial charge >= 0.3 is 12.1 Å². The van der Waals surface area contributed by atoms with Crippen molar-refractivity contribution in [2.75, 3.05) is 13.7 Å². The molecule has 0 aliphatic carbocycles. The van der Waals surface area contributed by atoms with Crippen LogP contribution in [-0.4, -0.2) is 36.7 Å². The zero-order valence-corrected chi connectivity index (χ0v) is 12.5. The lowest BCUT2D eigenvalue weighted by molar-refractivity contribution is -0.147. The SMILES string of the molecule is COC(=O)C1CCN(C(=O)OCc2ccccc2)C(C)C1. The lowest BCUT2D eigenvalue weighted by Gasteiger charge is -2.35. The van der Waals surface area contributed by atoms with Crippen LogP contribution in [0.25, 0.3) is 0 Å². The third-order valence-electron chi connectivity index (χ3n) is 3.85. The number of amides is 1. The number of carbonyl (C=O) groups excluding carboxylic acids is 2. The highest BCUT2D eigenvalue weighted by molar-refractivity contribution is 5.73. The summed E-state index contributed by atoms with van der Waals surface area (Å²) in [5.41, 5.74) is 0.961. The van der Waals surface area contributed by atoms with E-state index in [1.807, 2.05) is 37.3 Å². The van der Waals surface area contributed by atoms with E-state index in [1.54, 1.807) is 4.90 Å². The Hall–Kier alpha value is -2.04. The van der Waals surface area contributed by atoms with Crippen LogP contribution < -0.4 is 0 Å². The van der Waals surface area contributed by atoms with Crippen molar-refractivity contribution in [3.8, 4) is 0 Å². The normalized spacial score (nSPS) is 21.7. The van der Waals surface area contributed by atoms with E-state index < -0.39 is 0 Å². The molecular weight excluding hydrogens is 270 g/mol. The number of hydrogen-bond acceptors (Lipinski definition) is 4. The van der Waals surface area contributed by atoms with Gasteiger partial charge in [0.2, 0.25) is 0 Å². The summed E-state index contributed by atoms with van der Waals surface area (Å²) < 4.78 is 10.1. The lowest BCUT2D eigenvalue weighted by atomic mass is 9.92. The summed E-state index contributed by atoms with van der Waals surface area (Å²) in [5.74, 6) is -0.317. The van der Waals surface area contributed by atoms with Crippen LogP contribution >= 0.6 is 0 Å². The van der Waals surface area contributed by atoms with Crippen LogP contribution in [-0.2, 0) is 20.9 Å². The first kappa shape index (κ1) is 15.4. The van der Waals surface area contributed by atoms with Crippen molar-refractivity contribution in [1.29, 1.82) is 0 Å².